The van der Waals surface area contributed by atoms with Crippen LogP contribution in [-0.2, 0) is 0 Å². The third-order valence-electron chi connectivity index (χ3n) is 8.47. The molecule has 0 amide bonds. The molecule has 8 aromatic rings. The van der Waals surface area contributed by atoms with Gasteiger partial charge in [-0.2, -0.15) is 0 Å². The maximum Gasteiger partial charge on any atom is 0.0547 e. The molecule has 208 valence electrons. The van der Waals surface area contributed by atoms with Gasteiger partial charge in [0, 0.05) is 20.9 Å². The number of nitrogens with zero attached hydrogens (tertiary/aromatic N) is 1. The first-order chi connectivity index (χ1) is 21.7. The molecule has 44 heavy (non-hydrogen) atoms. The minimum atomic E-state index is 1.08. The van der Waals surface area contributed by atoms with Gasteiger partial charge in [-0.3, -0.25) is 0 Å². The molecule has 0 N–H and O–H groups in total. The maximum absolute atomic E-state index is 3.58. The van der Waals surface area contributed by atoms with Crippen molar-refractivity contribution in [3.63, 3.8) is 0 Å². The van der Waals surface area contributed by atoms with Crippen LogP contribution in [0.25, 0.3) is 72.0 Å². The van der Waals surface area contributed by atoms with E-state index in [-0.39, 0.29) is 0 Å². The quantitative estimate of drug-likeness (QED) is 0.179. The molecule has 1 nitrogen and oxygen atoms in total. The summed E-state index contributed by atoms with van der Waals surface area (Å²) in [6.45, 7) is 0. The van der Waals surface area contributed by atoms with E-state index in [1.807, 2.05) is 0 Å². The van der Waals surface area contributed by atoms with E-state index in [0.717, 1.165) is 10.2 Å². The molecule has 0 atom stereocenters. The largest absolute Gasteiger partial charge is 0.309 e. The number of halogens is 1. The lowest BCUT2D eigenvalue weighted by Crippen LogP contribution is -1.94. The van der Waals surface area contributed by atoms with Crippen molar-refractivity contribution < 1.29 is 0 Å². The highest BCUT2D eigenvalue weighted by Gasteiger charge is 2.20. The summed E-state index contributed by atoms with van der Waals surface area (Å²) < 4.78 is 3.51. The molecule has 0 saturated carbocycles. The molecule has 0 spiro atoms. The Hall–Kier alpha value is -5.18. The van der Waals surface area contributed by atoms with Crippen LogP contribution >= 0.6 is 15.9 Å². The summed E-state index contributed by atoms with van der Waals surface area (Å²) in [5.74, 6) is 0. The van der Waals surface area contributed by atoms with Crippen molar-refractivity contribution in [1.29, 1.82) is 0 Å². The number of fused-ring (bicyclic) bond motifs is 3. The Morgan fingerprint density at radius 1 is 0.386 bits per heavy atom. The monoisotopic (exact) mass is 625 g/mol. The van der Waals surface area contributed by atoms with Gasteiger partial charge >= 0.3 is 0 Å². The maximum atomic E-state index is 3.58. The average Bonchev–Trinajstić information content (AvgIpc) is 3.43. The molecular formula is C42H28BrN. The zero-order valence-corrected chi connectivity index (χ0v) is 25.6. The highest BCUT2D eigenvalue weighted by atomic mass is 79.9. The van der Waals surface area contributed by atoms with Gasteiger partial charge in [0.2, 0.25) is 0 Å². The summed E-state index contributed by atoms with van der Waals surface area (Å²) in [6.07, 6.45) is 0. The highest BCUT2D eigenvalue weighted by molar-refractivity contribution is 9.10. The van der Waals surface area contributed by atoms with E-state index in [1.165, 1.54) is 66.3 Å². The summed E-state index contributed by atoms with van der Waals surface area (Å²) in [4.78, 5) is 0. The lowest BCUT2D eigenvalue weighted by Gasteiger charge is -2.15. The fourth-order valence-corrected chi connectivity index (χ4v) is 6.69. The van der Waals surface area contributed by atoms with Gasteiger partial charge in [0.15, 0.2) is 0 Å². The predicted molar refractivity (Wildman–Crippen MR) is 190 cm³/mol. The zero-order valence-electron chi connectivity index (χ0n) is 24.0. The van der Waals surface area contributed by atoms with Gasteiger partial charge in [-0.1, -0.05) is 143 Å². The minimum Gasteiger partial charge on any atom is -0.309 e. The van der Waals surface area contributed by atoms with Gasteiger partial charge in [-0.05, 0) is 87.0 Å². The molecule has 1 aromatic heterocycles. The van der Waals surface area contributed by atoms with Crippen molar-refractivity contribution in [1.82, 2.24) is 4.57 Å². The second-order valence-corrected chi connectivity index (χ2v) is 12.0. The number of para-hydroxylation sites is 1. The van der Waals surface area contributed by atoms with Crippen molar-refractivity contribution in [3.8, 4) is 50.2 Å². The molecule has 0 saturated heterocycles. The SMILES string of the molecule is Brc1ccc(-c2cccc(-c3ccc4c(c3-c3ccccc3)c3ccc(-c5ccccc5)cc3n4-c3ccccc3)c2)cc1. The van der Waals surface area contributed by atoms with Crippen LogP contribution in [0, 0.1) is 0 Å². The molecule has 0 unspecified atom stereocenters. The van der Waals surface area contributed by atoms with E-state index in [0.29, 0.717) is 0 Å². The van der Waals surface area contributed by atoms with E-state index in [1.54, 1.807) is 0 Å². The molecule has 0 fully saturated rings. The minimum absolute atomic E-state index is 1.08. The molecule has 7 aromatic carbocycles. The lowest BCUT2D eigenvalue weighted by molar-refractivity contribution is 1.18. The van der Waals surface area contributed by atoms with Crippen LogP contribution in [0.1, 0.15) is 0 Å². The van der Waals surface area contributed by atoms with Crippen LogP contribution in [0.4, 0.5) is 0 Å². The van der Waals surface area contributed by atoms with Crippen molar-refractivity contribution in [2.45, 2.75) is 0 Å². The molecular weight excluding hydrogens is 598 g/mol. The summed E-state index contributed by atoms with van der Waals surface area (Å²) in [6, 6.07) is 61.2. The Morgan fingerprint density at radius 2 is 0.955 bits per heavy atom. The summed E-state index contributed by atoms with van der Waals surface area (Å²) in [7, 11) is 0. The van der Waals surface area contributed by atoms with Crippen LogP contribution in [0.3, 0.4) is 0 Å². The van der Waals surface area contributed by atoms with E-state index in [4.69, 9.17) is 0 Å². The Kier molecular flexibility index (Phi) is 6.70. The standard InChI is InChI=1S/C42H28BrN/c43-35-22-19-30(20-23-35)32-15-10-16-34(27-32)37-25-26-39-42(41(37)31-13-6-2-7-14-31)38-24-21-33(29-11-4-1-5-12-29)28-40(38)44(39)36-17-8-3-9-18-36/h1-28H. The van der Waals surface area contributed by atoms with E-state index < -0.39 is 0 Å². The number of rotatable bonds is 5. The molecule has 0 bridgehead atoms. The van der Waals surface area contributed by atoms with Crippen LogP contribution in [-0.4, -0.2) is 4.57 Å². The molecule has 0 aliphatic rings. The van der Waals surface area contributed by atoms with Gasteiger partial charge < -0.3 is 4.57 Å². The van der Waals surface area contributed by atoms with Gasteiger partial charge in [0.05, 0.1) is 11.0 Å². The Bertz CT molecular complexity index is 2250. The summed E-state index contributed by atoms with van der Waals surface area (Å²) in [5.41, 5.74) is 13.3. The fraction of sp³-hybridized carbons (Fsp3) is 0. The van der Waals surface area contributed by atoms with E-state index in [2.05, 4.69) is 190 Å². The zero-order chi connectivity index (χ0) is 29.5. The summed E-state index contributed by atoms with van der Waals surface area (Å²) >= 11 is 3.58. The fourth-order valence-electron chi connectivity index (χ4n) is 6.43. The third kappa shape index (κ3) is 4.65. The number of hydrogen-bond acceptors (Lipinski definition) is 0. The van der Waals surface area contributed by atoms with Crippen LogP contribution in [0.5, 0.6) is 0 Å². The smallest absolute Gasteiger partial charge is 0.0547 e. The van der Waals surface area contributed by atoms with Gasteiger partial charge in [0.1, 0.15) is 0 Å². The van der Waals surface area contributed by atoms with Crippen molar-refractivity contribution >= 4 is 37.7 Å². The number of aromatic nitrogens is 1. The van der Waals surface area contributed by atoms with Crippen molar-refractivity contribution in [2.75, 3.05) is 0 Å². The molecule has 8 rings (SSSR count). The van der Waals surface area contributed by atoms with Crippen molar-refractivity contribution in [3.05, 3.63) is 174 Å². The topological polar surface area (TPSA) is 4.93 Å². The first kappa shape index (κ1) is 26.4. The molecule has 1 heterocycles. The molecule has 2 heteroatoms. The second kappa shape index (κ2) is 11.1. The Morgan fingerprint density at radius 3 is 1.68 bits per heavy atom. The number of benzene rings is 7. The van der Waals surface area contributed by atoms with E-state index >= 15 is 0 Å². The average molecular weight is 627 g/mol. The normalized spacial score (nSPS) is 11.3. The van der Waals surface area contributed by atoms with Crippen LogP contribution < -0.4 is 0 Å². The third-order valence-corrected chi connectivity index (χ3v) is 9.00. The first-order valence-electron chi connectivity index (χ1n) is 14.9. The Labute approximate surface area is 265 Å². The Balaban J connectivity index is 1.45. The number of hydrogen-bond donors (Lipinski definition) is 0. The van der Waals surface area contributed by atoms with Gasteiger partial charge in [-0.15, -0.1) is 0 Å². The second-order valence-electron chi connectivity index (χ2n) is 11.1. The van der Waals surface area contributed by atoms with E-state index in [9.17, 15) is 0 Å². The predicted octanol–water partition coefficient (Wildman–Crippen LogP) is 12.2. The first-order valence-corrected chi connectivity index (χ1v) is 15.7. The molecule has 0 radical (unpaired) electrons. The van der Waals surface area contributed by atoms with Crippen LogP contribution in [0.2, 0.25) is 0 Å². The molecule has 0 aliphatic heterocycles. The molecule has 0 aliphatic carbocycles. The summed E-state index contributed by atoms with van der Waals surface area (Å²) in [5, 5.41) is 2.51. The van der Waals surface area contributed by atoms with Gasteiger partial charge in [-0.25, -0.2) is 0 Å². The van der Waals surface area contributed by atoms with Crippen molar-refractivity contribution in [2.24, 2.45) is 0 Å². The van der Waals surface area contributed by atoms with Crippen LogP contribution in [0.15, 0.2) is 174 Å². The highest BCUT2D eigenvalue weighted by Crippen LogP contribution is 2.45. The van der Waals surface area contributed by atoms with Gasteiger partial charge in [0.25, 0.3) is 0 Å². The lowest BCUT2D eigenvalue weighted by atomic mass is 9.89.